The zero-order chi connectivity index (χ0) is 21.3. The van der Waals surface area contributed by atoms with Gasteiger partial charge in [0.1, 0.15) is 17.2 Å². The van der Waals surface area contributed by atoms with Crippen molar-refractivity contribution in [1.82, 2.24) is 14.9 Å². The number of nitrogens with zero attached hydrogens (tertiary/aromatic N) is 2. The lowest BCUT2D eigenvalue weighted by atomic mass is 10.1. The van der Waals surface area contributed by atoms with Gasteiger partial charge in [-0.2, -0.15) is 0 Å². The van der Waals surface area contributed by atoms with E-state index in [9.17, 15) is 9.18 Å². The lowest BCUT2D eigenvalue weighted by Gasteiger charge is -2.09. The molecule has 30 heavy (non-hydrogen) atoms. The highest BCUT2D eigenvalue weighted by molar-refractivity contribution is 5.99. The third kappa shape index (κ3) is 3.93. The molecule has 0 saturated heterocycles. The van der Waals surface area contributed by atoms with Crippen LogP contribution >= 0.6 is 0 Å². The Bertz CT molecular complexity index is 1210. The Morgan fingerprint density at radius 1 is 1.27 bits per heavy atom. The molecule has 6 nitrogen and oxygen atoms in total. The van der Waals surface area contributed by atoms with E-state index in [0.29, 0.717) is 30.7 Å². The van der Waals surface area contributed by atoms with E-state index in [1.807, 2.05) is 49.7 Å². The first-order valence-corrected chi connectivity index (χ1v) is 9.95. The standard InChI is InChI=1S/C23H24FN3O3/c1-14(2)29-13-17-16-6-4-5-7-20(16)30-22(17)23(28)25-11-10-21-26-18-12-15(24)8-9-19(18)27(21)3/h4-9,12,14H,10-11,13H2,1-3H3,(H,25,28). The average molecular weight is 409 g/mol. The largest absolute Gasteiger partial charge is 0.451 e. The number of fused-ring (bicyclic) bond motifs is 2. The second kappa shape index (κ2) is 8.28. The highest BCUT2D eigenvalue weighted by Crippen LogP contribution is 2.27. The van der Waals surface area contributed by atoms with E-state index in [-0.39, 0.29) is 23.6 Å². The number of carbonyl (C=O) groups excluding carboxylic acids is 1. The molecular weight excluding hydrogens is 385 g/mol. The third-order valence-corrected chi connectivity index (χ3v) is 5.04. The highest BCUT2D eigenvalue weighted by Gasteiger charge is 2.21. The van der Waals surface area contributed by atoms with Crippen molar-refractivity contribution in [2.24, 2.45) is 7.05 Å². The molecular formula is C23H24FN3O3. The fraction of sp³-hybridized carbons (Fsp3) is 0.304. The van der Waals surface area contributed by atoms with Crippen molar-refractivity contribution in [3.8, 4) is 0 Å². The van der Waals surface area contributed by atoms with Crippen molar-refractivity contribution in [1.29, 1.82) is 0 Å². The van der Waals surface area contributed by atoms with E-state index in [1.165, 1.54) is 12.1 Å². The Kier molecular flexibility index (Phi) is 5.55. The molecule has 4 rings (SSSR count). The zero-order valence-corrected chi connectivity index (χ0v) is 17.2. The second-order valence-electron chi connectivity index (χ2n) is 7.49. The minimum atomic E-state index is -0.318. The summed E-state index contributed by atoms with van der Waals surface area (Å²) < 4.78 is 26.9. The summed E-state index contributed by atoms with van der Waals surface area (Å²) in [5, 5.41) is 3.78. The number of amides is 1. The molecule has 0 atom stereocenters. The minimum absolute atomic E-state index is 0.0388. The molecule has 0 bridgehead atoms. The number of imidazole rings is 1. The van der Waals surface area contributed by atoms with Crippen molar-refractivity contribution >= 4 is 27.9 Å². The predicted molar refractivity (Wildman–Crippen MR) is 113 cm³/mol. The Labute approximate surface area is 173 Å². The van der Waals surface area contributed by atoms with Crippen LogP contribution < -0.4 is 5.32 Å². The summed E-state index contributed by atoms with van der Waals surface area (Å²) >= 11 is 0. The SMILES string of the molecule is CC(C)OCc1c(C(=O)NCCc2nc3cc(F)ccc3n2C)oc2ccccc12. The maximum absolute atomic E-state index is 13.4. The van der Waals surface area contributed by atoms with Crippen LogP contribution in [0.15, 0.2) is 46.9 Å². The fourth-order valence-electron chi connectivity index (χ4n) is 3.49. The van der Waals surface area contributed by atoms with Crippen molar-refractivity contribution in [2.75, 3.05) is 6.54 Å². The summed E-state index contributed by atoms with van der Waals surface area (Å²) in [5.41, 5.74) is 2.85. The van der Waals surface area contributed by atoms with Crippen molar-refractivity contribution < 1.29 is 18.3 Å². The number of nitrogens with one attached hydrogen (secondary N) is 1. The van der Waals surface area contributed by atoms with Crippen LogP contribution in [0.3, 0.4) is 0 Å². The number of rotatable bonds is 7. The van der Waals surface area contributed by atoms with Gasteiger partial charge < -0.3 is 19.0 Å². The topological polar surface area (TPSA) is 69.3 Å². The molecule has 0 unspecified atom stereocenters. The number of furan rings is 1. The summed E-state index contributed by atoms with van der Waals surface area (Å²) in [7, 11) is 1.88. The first kappa shape index (κ1) is 20.1. The maximum atomic E-state index is 13.4. The van der Waals surface area contributed by atoms with Gasteiger partial charge in [0.05, 0.1) is 23.7 Å². The van der Waals surface area contributed by atoms with Crippen LogP contribution in [0.1, 0.15) is 35.8 Å². The molecule has 156 valence electrons. The van der Waals surface area contributed by atoms with E-state index in [0.717, 1.165) is 22.3 Å². The number of ether oxygens (including phenoxy) is 1. The molecule has 7 heteroatoms. The first-order chi connectivity index (χ1) is 14.4. The monoisotopic (exact) mass is 409 g/mol. The second-order valence-corrected chi connectivity index (χ2v) is 7.49. The van der Waals surface area contributed by atoms with Crippen LogP contribution in [0.2, 0.25) is 0 Å². The Balaban J connectivity index is 1.50. The van der Waals surface area contributed by atoms with Crippen LogP contribution in [0.5, 0.6) is 0 Å². The van der Waals surface area contributed by atoms with Gasteiger partial charge in [-0.3, -0.25) is 4.79 Å². The summed E-state index contributed by atoms with van der Waals surface area (Å²) in [6, 6.07) is 12.1. The lowest BCUT2D eigenvalue weighted by molar-refractivity contribution is 0.0643. The molecule has 2 aromatic carbocycles. The number of hydrogen-bond donors (Lipinski definition) is 1. The number of hydrogen-bond acceptors (Lipinski definition) is 4. The van der Waals surface area contributed by atoms with Gasteiger partial charge in [-0.15, -0.1) is 0 Å². The smallest absolute Gasteiger partial charge is 0.287 e. The van der Waals surface area contributed by atoms with Gasteiger partial charge in [-0.25, -0.2) is 9.37 Å². The fourth-order valence-corrected chi connectivity index (χ4v) is 3.49. The normalized spacial score (nSPS) is 11.6. The van der Waals surface area contributed by atoms with Gasteiger partial charge in [0, 0.05) is 37.0 Å². The number of halogens is 1. The van der Waals surface area contributed by atoms with Gasteiger partial charge in [-0.1, -0.05) is 18.2 Å². The summed E-state index contributed by atoms with van der Waals surface area (Å²) in [6.45, 7) is 4.57. The van der Waals surface area contributed by atoms with Crippen LogP contribution in [0, 0.1) is 5.82 Å². The van der Waals surface area contributed by atoms with Crippen LogP contribution in [-0.4, -0.2) is 28.1 Å². The Morgan fingerprint density at radius 2 is 2.07 bits per heavy atom. The number of benzene rings is 2. The summed E-state index contributed by atoms with van der Waals surface area (Å²) in [4.78, 5) is 17.3. The summed E-state index contributed by atoms with van der Waals surface area (Å²) in [6.07, 6.45) is 0.549. The van der Waals surface area contributed by atoms with Gasteiger partial charge in [0.15, 0.2) is 5.76 Å². The molecule has 2 heterocycles. The Hall–Kier alpha value is -3.19. The van der Waals surface area contributed by atoms with Crippen LogP contribution in [0.25, 0.3) is 22.0 Å². The highest BCUT2D eigenvalue weighted by atomic mass is 19.1. The number of aromatic nitrogens is 2. The summed E-state index contributed by atoms with van der Waals surface area (Å²) in [5.74, 6) is 0.424. The average Bonchev–Trinajstić information content (AvgIpc) is 3.24. The minimum Gasteiger partial charge on any atom is -0.451 e. The molecule has 1 amide bonds. The molecule has 0 fully saturated rings. The van der Waals surface area contributed by atoms with Crippen molar-refractivity contribution in [2.45, 2.75) is 33.0 Å². The first-order valence-electron chi connectivity index (χ1n) is 9.95. The maximum Gasteiger partial charge on any atom is 0.287 e. The van der Waals surface area contributed by atoms with E-state index >= 15 is 0 Å². The molecule has 1 N–H and O–H groups in total. The molecule has 0 aliphatic heterocycles. The van der Waals surface area contributed by atoms with Gasteiger partial charge in [0.2, 0.25) is 0 Å². The lowest BCUT2D eigenvalue weighted by Crippen LogP contribution is -2.27. The molecule has 0 aliphatic rings. The van der Waals surface area contributed by atoms with E-state index in [4.69, 9.17) is 9.15 Å². The van der Waals surface area contributed by atoms with E-state index in [2.05, 4.69) is 10.3 Å². The van der Waals surface area contributed by atoms with Gasteiger partial charge in [0.25, 0.3) is 5.91 Å². The Morgan fingerprint density at radius 3 is 2.87 bits per heavy atom. The molecule has 2 aromatic heterocycles. The number of carbonyl (C=O) groups is 1. The molecule has 4 aromatic rings. The quantitative estimate of drug-likeness (QED) is 0.493. The van der Waals surface area contributed by atoms with Crippen molar-refractivity contribution in [3.05, 3.63) is 65.4 Å². The predicted octanol–water partition coefficient (Wildman–Crippen LogP) is 4.36. The van der Waals surface area contributed by atoms with Crippen LogP contribution in [0.4, 0.5) is 4.39 Å². The van der Waals surface area contributed by atoms with Crippen LogP contribution in [-0.2, 0) is 24.8 Å². The van der Waals surface area contributed by atoms with E-state index in [1.54, 1.807) is 6.07 Å². The zero-order valence-electron chi connectivity index (χ0n) is 17.2. The molecule has 0 spiro atoms. The molecule has 0 saturated carbocycles. The van der Waals surface area contributed by atoms with E-state index < -0.39 is 0 Å². The number of aryl methyl sites for hydroxylation is 1. The molecule has 0 radical (unpaired) electrons. The molecule has 0 aliphatic carbocycles. The van der Waals surface area contributed by atoms with Crippen molar-refractivity contribution in [3.63, 3.8) is 0 Å². The van der Waals surface area contributed by atoms with Gasteiger partial charge >= 0.3 is 0 Å². The van der Waals surface area contributed by atoms with Gasteiger partial charge in [-0.05, 0) is 32.0 Å². The number of para-hydroxylation sites is 1. The third-order valence-electron chi connectivity index (χ3n) is 5.04.